The molecule has 4 rings (SSSR count). The van der Waals surface area contributed by atoms with E-state index in [-0.39, 0.29) is 42.7 Å². The number of hydrogen-bond acceptors (Lipinski definition) is 4. The zero-order valence-corrected chi connectivity index (χ0v) is 15.8. The molecule has 2 amide bonds. The quantitative estimate of drug-likeness (QED) is 0.731. The lowest BCUT2D eigenvalue weighted by molar-refractivity contribution is -0.126. The van der Waals surface area contributed by atoms with Gasteiger partial charge in [-0.2, -0.15) is 5.10 Å². The van der Waals surface area contributed by atoms with Crippen LogP contribution in [0.25, 0.3) is 10.8 Å². The third kappa shape index (κ3) is 3.61. The maximum atomic E-state index is 13.1. The number of halogens is 1. The van der Waals surface area contributed by atoms with E-state index in [1.54, 1.807) is 25.2 Å². The summed E-state index contributed by atoms with van der Waals surface area (Å²) in [5, 5.41) is 8.31. The number of nitrogens with one attached hydrogen (secondary N) is 1. The van der Waals surface area contributed by atoms with E-state index < -0.39 is 5.92 Å². The minimum atomic E-state index is -0.508. The van der Waals surface area contributed by atoms with E-state index in [0.29, 0.717) is 22.2 Å². The fourth-order valence-corrected chi connectivity index (χ4v) is 3.58. The zero-order chi connectivity index (χ0) is 20.5. The second-order valence-electron chi connectivity index (χ2n) is 7.02. The van der Waals surface area contributed by atoms with E-state index in [0.717, 1.165) is 0 Å². The summed E-state index contributed by atoms with van der Waals surface area (Å²) >= 11 is 0. The van der Waals surface area contributed by atoms with Gasteiger partial charge in [-0.05, 0) is 30.3 Å². The first kappa shape index (κ1) is 18.8. The molecular weight excluding hydrogens is 375 g/mol. The molecule has 1 fully saturated rings. The Labute approximate surface area is 165 Å². The van der Waals surface area contributed by atoms with Crippen LogP contribution in [-0.4, -0.2) is 28.1 Å². The molecule has 0 bridgehead atoms. The Balaban J connectivity index is 1.48. The van der Waals surface area contributed by atoms with Gasteiger partial charge in [0, 0.05) is 31.1 Å². The predicted octanol–water partition coefficient (Wildman–Crippen LogP) is 1.74. The molecule has 0 spiro atoms. The molecule has 3 aromatic rings. The second kappa shape index (κ2) is 7.46. The molecule has 0 saturated carbocycles. The Kier molecular flexibility index (Phi) is 4.84. The minimum absolute atomic E-state index is 0.0880. The van der Waals surface area contributed by atoms with Gasteiger partial charge in [0.15, 0.2) is 0 Å². The van der Waals surface area contributed by atoms with Crippen molar-refractivity contribution in [1.82, 2.24) is 15.1 Å². The van der Waals surface area contributed by atoms with Crippen LogP contribution in [0.4, 0.5) is 10.1 Å². The molecule has 0 aliphatic carbocycles. The minimum Gasteiger partial charge on any atom is -0.350 e. The first-order chi connectivity index (χ1) is 13.9. The van der Waals surface area contributed by atoms with Crippen molar-refractivity contribution in [2.24, 2.45) is 13.0 Å². The molecule has 1 saturated heterocycles. The lowest BCUT2D eigenvalue weighted by Crippen LogP contribution is -2.33. The molecular formula is C21H19FN4O3. The summed E-state index contributed by atoms with van der Waals surface area (Å²) in [6.45, 7) is 0.381. The molecule has 7 nitrogen and oxygen atoms in total. The van der Waals surface area contributed by atoms with Crippen molar-refractivity contribution in [3.8, 4) is 0 Å². The summed E-state index contributed by atoms with van der Waals surface area (Å²) in [5.74, 6) is -1.33. The second-order valence-corrected chi connectivity index (χ2v) is 7.02. The van der Waals surface area contributed by atoms with Gasteiger partial charge in [0.1, 0.15) is 5.82 Å². The number of aromatic nitrogens is 2. The zero-order valence-electron chi connectivity index (χ0n) is 15.8. The maximum Gasteiger partial charge on any atom is 0.274 e. The van der Waals surface area contributed by atoms with Gasteiger partial charge in [-0.15, -0.1) is 0 Å². The number of carbonyl (C=O) groups is 2. The van der Waals surface area contributed by atoms with Crippen molar-refractivity contribution in [3.63, 3.8) is 0 Å². The average molecular weight is 394 g/mol. The highest BCUT2D eigenvalue weighted by Gasteiger charge is 2.35. The Hall–Kier alpha value is -3.55. The number of hydrogen-bond donors (Lipinski definition) is 1. The van der Waals surface area contributed by atoms with Gasteiger partial charge in [0.05, 0.1) is 23.5 Å². The Morgan fingerprint density at radius 1 is 1.14 bits per heavy atom. The third-order valence-electron chi connectivity index (χ3n) is 5.10. The lowest BCUT2D eigenvalue weighted by atomic mass is 10.1. The van der Waals surface area contributed by atoms with E-state index in [1.165, 1.54) is 33.8 Å². The van der Waals surface area contributed by atoms with Crippen molar-refractivity contribution >= 4 is 28.3 Å². The van der Waals surface area contributed by atoms with E-state index in [2.05, 4.69) is 10.4 Å². The Bertz CT molecular complexity index is 1160. The molecule has 2 aromatic carbocycles. The van der Waals surface area contributed by atoms with Gasteiger partial charge in [-0.1, -0.05) is 18.2 Å². The van der Waals surface area contributed by atoms with E-state index in [4.69, 9.17) is 0 Å². The standard InChI is InChI=1S/C21H19FN4O3/c1-25-21(29)17-5-3-2-4-16(17)18(24-25)11-23-20(28)13-10-19(27)26(12-13)15-8-6-14(22)7-9-15/h2-9,13H,10-12H2,1H3,(H,23,28). The van der Waals surface area contributed by atoms with Crippen LogP contribution in [-0.2, 0) is 23.2 Å². The normalized spacial score (nSPS) is 16.4. The number of amides is 2. The number of carbonyl (C=O) groups excluding carboxylic acids is 2. The Morgan fingerprint density at radius 2 is 1.83 bits per heavy atom. The molecule has 1 aromatic heterocycles. The average Bonchev–Trinajstić information content (AvgIpc) is 3.12. The molecule has 148 valence electrons. The first-order valence-corrected chi connectivity index (χ1v) is 9.22. The van der Waals surface area contributed by atoms with Crippen molar-refractivity contribution < 1.29 is 14.0 Å². The van der Waals surface area contributed by atoms with Crippen LogP contribution in [0, 0.1) is 11.7 Å². The smallest absolute Gasteiger partial charge is 0.274 e. The topological polar surface area (TPSA) is 84.3 Å². The van der Waals surface area contributed by atoms with Crippen LogP contribution in [0.5, 0.6) is 0 Å². The van der Waals surface area contributed by atoms with E-state index >= 15 is 0 Å². The van der Waals surface area contributed by atoms with Crippen molar-refractivity contribution in [3.05, 3.63) is 70.4 Å². The number of benzene rings is 2. The summed E-state index contributed by atoms with van der Waals surface area (Å²) < 4.78 is 14.4. The van der Waals surface area contributed by atoms with Crippen molar-refractivity contribution in [1.29, 1.82) is 0 Å². The summed E-state index contributed by atoms with van der Waals surface area (Å²) in [6, 6.07) is 12.7. The molecule has 1 unspecified atom stereocenters. The lowest BCUT2D eigenvalue weighted by Gasteiger charge is -2.16. The number of nitrogens with zero attached hydrogens (tertiary/aromatic N) is 3. The van der Waals surface area contributed by atoms with Crippen LogP contribution < -0.4 is 15.8 Å². The van der Waals surface area contributed by atoms with Crippen molar-refractivity contribution in [2.45, 2.75) is 13.0 Å². The first-order valence-electron chi connectivity index (χ1n) is 9.22. The SMILES string of the molecule is Cn1nc(CNC(=O)C2CC(=O)N(c3ccc(F)cc3)C2)c2ccccc2c1=O. The fourth-order valence-electron chi connectivity index (χ4n) is 3.58. The van der Waals surface area contributed by atoms with Gasteiger partial charge >= 0.3 is 0 Å². The monoisotopic (exact) mass is 394 g/mol. The van der Waals surface area contributed by atoms with Crippen LogP contribution in [0.15, 0.2) is 53.3 Å². The molecule has 29 heavy (non-hydrogen) atoms. The summed E-state index contributed by atoms with van der Waals surface area (Å²) in [6.07, 6.45) is 0.0880. The summed E-state index contributed by atoms with van der Waals surface area (Å²) in [7, 11) is 1.57. The molecule has 2 heterocycles. The summed E-state index contributed by atoms with van der Waals surface area (Å²) in [5.41, 5.74) is 0.945. The maximum absolute atomic E-state index is 13.1. The highest BCUT2D eigenvalue weighted by molar-refractivity contribution is 6.00. The molecule has 1 atom stereocenters. The van der Waals surface area contributed by atoms with Gasteiger partial charge in [0.25, 0.3) is 5.56 Å². The largest absolute Gasteiger partial charge is 0.350 e. The van der Waals surface area contributed by atoms with Gasteiger partial charge in [-0.3, -0.25) is 14.4 Å². The number of anilines is 1. The van der Waals surface area contributed by atoms with Crippen molar-refractivity contribution in [2.75, 3.05) is 11.4 Å². The molecule has 1 aliphatic rings. The van der Waals surface area contributed by atoms with E-state index in [9.17, 15) is 18.8 Å². The van der Waals surface area contributed by atoms with Gasteiger partial charge < -0.3 is 10.2 Å². The number of aryl methyl sites for hydroxylation is 1. The highest BCUT2D eigenvalue weighted by atomic mass is 19.1. The number of rotatable bonds is 4. The van der Waals surface area contributed by atoms with Crippen LogP contribution in [0.1, 0.15) is 12.1 Å². The van der Waals surface area contributed by atoms with Crippen LogP contribution in [0.3, 0.4) is 0 Å². The molecule has 8 heteroatoms. The fraction of sp³-hybridized carbons (Fsp3) is 0.238. The molecule has 1 aliphatic heterocycles. The number of fused-ring (bicyclic) bond motifs is 1. The Morgan fingerprint density at radius 3 is 2.55 bits per heavy atom. The summed E-state index contributed by atoms with van der Waals surface area (Å²) in [4.78, 5) is 38.6. The van der Waals surface area contributed by atoms with Gasteiger partial charge in [0.2, 0.25) is 11.8 Å². The van der Waals surface area contributed by atoms with Crippen LogP contribution in [0.2, 0.25) is 0 Å². The molecule has 1 N–H and O–H groups in total. The predicted molar refractivity (Wildman–Crippen MR) is 106 cm³/mol. The van der Waals surface area contributed by atoms with E-state index in [1.807, 2.05) is 6.07 Å². The highest BCUT2D eigenvalue weighted by Crippen LogP contribution is 2.25. The molecule has 0 radical (unpaired) electrons. The third-order valence-corrected chi connectivity index (χ3v) is 5.10. The van der Waals surface area contributed by atoms with Crippen LogP contribution >= 0.6 is 0 Å². The van der Waals surface area contributed by atoms with Gasteiger partial charge in [-0.25, -0.2) is 9.07 Å².